The van der Waals surface area contributed by atoms with Gasteiger partial charge in [0.1, 0.15) is 10.6 Å². The second kappa shape index (κ2) is 7.69. The van der Waals surface area contributed by atoms with Crippen molar-refractivity contribution in [3.8, 4) is 5.75 Å². The molecular formula is C18H24N4O4S. The van der Waals surface area contributed by atoms with E-state index in [2.05, 4.69) is 10.2 Å². The third kappa shape index (κ3) is 3.98. The molecular weight excluding hydrogens is 368 g/mol. The number of H-pyrrole nitrogens is 1. The van der Waals surface area contributed by atoms with Gasteiger partial charge in [0, 0.05) is 26.2 Å². The summed E-state index contributed by atoms with van der Waals surface area (Å²) in [6.07, 6.45) is 0. The number of piperazine rings is 1. The molecule has 0 saturated carbocycles. The zero-order valence-corrected chi connectivity index (χ0v) is 16.5. The van der Waals surface area contributed by atoms with E-state index >= 15 is 0 Å². The van der Waals surface area contributed by atoms with E-state index < -0.39 is 10.0 Å². The van der Waals surface area contributed by atoms with Crippen molar-refractivity contribution < 1.29 is 17.9 Å². The lowest BCUT2D eigenvalue weighted by Gasteiger charge is -2.34. The van der Waals surface area contributed by atoms with Crippen molar-refractivity contribution in [3.05, 3.63) is 41.2 Å². The molecule has 2 heterocycles. The van der Waals surface area contributed by atoms with Crippen LogP contribution in [0, 0.1) is 20.8 Å². The molecule has 27 heavy (non-hydrogen) atoms. The number of nitrogens with zero attached hydrogens (tertiary/aromatic N) is 3. The first-order chi connectivity index (χ1) is 12.8. The van der Waals surface area contributed by atoms with Gasteiger partial charge < -0.3 is 9.64 Å². The zero-order chi connectivity index (χ0) is 19.6. The number of hydrogen-bond donors (Lipinski definition) is 1. The summed E-state index contributed by atoms with van der Waals surface area (Å²) < 4.78 is 32.7. The van der Waals surface area contributed by atoms with Crippen molar-refractivity contribution in [2.45, 2.75) is 25.7 Å². The average molecular weight is 392 g/mol. The summed E-state index contributed by atoms with van der Waals surface area (Å²) in [5.41, 5.74) is 1.95. The molecule has 1 N–H and O–H groups in total. The van der Waals surface area contributed by atoms with Crippen molar-refractivity contribution in [2.75, 3.05) is 32.8 Å². The number of benzene rings is 1. The van der Waals surface area contributed by atoms with Gasteiger partial charge in [-0.05, 0) is 32.4 Å². The van der Waals surface area contributed by atoms with Crippen molar-refractivity contribution >= 4 is 15.9 Å². The molecule has 0 atom stereocenters. The number of aromatic nitrogens is 2. The molecule has 3 rings (SSSR count). The van der Waals surface area contributed by atoms with Crippen LogP contribution in [0.1, 0.15) is 17.0 Å². The van der Waals surface area contributed by atoms with Gasteiger partial charge in [-0.1, -0.05) is 18.2 Å². The van der Waals surface area contributed by atoms with E-state index in [1.54, 1.807) is 18.7 Å². The van der Waals surface area contributed by atoms with Gasteiger partial charge in [0.25, 0.3) is 5.91 Å². The van der Waals surface area contributed by atoms with Gasteiger partial charge in [0.2, 0.25) is 10.0 Å². The fourth-order valence-electron chi connectivity index (χ4n) is 3.18. The predicted molar refractivity (Wildman–Crippen MR) is 100 cm³/mol. The van der Waals surface area contributed by atoms with Crippen LogP contribution in [0.15, 0.2) is 29.2 Å². The van der Waals surface area contributed by atoms with E-state index in [9.17, 15) is 13.2 Å². The van der Waals surface area contributed by atoms with Gasteiger partial charge >= 0.3 is 0 Å². The third-order valence-corrected chi connectivity index (χ3v) is 6.86. The van der Waals surface area contributed by atoms with Gasteiger partial charge in [-0.15, -0.1) is 0 Å². The minimum atomic E-state index is -3.62. The second-order valence-corrected chi connectivity index (χ2v) is 8.48. The second-order valence-electron chi connectivity index (χ2n) is 6.60. The molecule has 1 aromatic carbocycles. The highest BCUT2D eigenvalue weighted by Gasteiger charge is 2.33. The maximum Gasteiger partial charge on any atom is 0.260 e. The molecule has 146 valence electrons. The van der Waals surface area contributed by atoms with Gasteiger partial charge in [-0.2, -0.15) is 9.40 Å². The maximum atomic E-state index is 12.9. The van der Waals surface area contributed by atoms with Gasteiger partial charge in [0.05, 0.1) is 11.4 Å². The monoisotopic (exact) mass is 392 g/mol. The molecule has 1 saturated heterocycles. The maximum absolute atomic E-state index is 12.9. The standard InChI is InChI=1S/C18H24N4O4S/c1-13-6-4-5-7-16(13)26-12-17(23)21-8-10-22(11-9-21)27(24,25)18-14(2)19-20-15(18)3/h4-7H,8-12H2,1-3H3,(H,19,20). The number of ether oxygens (including phenoxy) is 1. The Kier molecular flexibility index (Phi) is 5.52. The highest BCUT2D eigenvalue weighted by Crippen LogP contribution is 2.23. The number of carbonyl (C=O) groups is 1. The number of carbonyl (C=O) groups excluding carboxylic acids is 1. The quantitative estimate of drug-likeness (QED) is 0.826. The minimum absolute atomic E-state index is 0.0580. The normalized spacial score (nSPS) is 15.7. The molecule has 0 radical (unpaired) electrons. The van der Waals surface area contributed by atoms with Crippen LogP contribution in [0.3, 0.4) is 0 Å². The molecule has 9 heteroatoms. The zero-order valence-electron chi connectivity index (χ0n) is 15.7. The van der Waals surface area contributed by atoms with E-state index in [-0.39, 0.29) is 30.5 Å². The van der Waals surface area contributed by atoms with Crippen LogP contribution in [0.2, 0.25) is 0 Å². The van der Waals surface area contributed by atoms with E-state index in [0.29, 0.717) is 30.2 Å². The van der Waals surface area contributed by atoms with Crippen LogP contribution >= 0.6 is 0 Å². The average Bonchev–Trinajstić information content (AvgIpc) is 3.00. The first-order valence-corrected chi connectivity index (χ1v) is 10.2. The number of hydrogen-bond acceptors (Lipinski definition) is 5. The smallest absolute Gasteiger partial charge is 0.260 e. The van der Waals surface area contributed by atoms with Crippen molar-refractivity contribution in [1.29, 1.82) is 0 Å². The number of amides is 1. The van der Waals surface area contributed by atoms with Crippen LogP contribution in [0.5, 0.6) is 5.75 Å². The van der Waals surface area contributed by atoms with Crippen LogP contribution in [-0.4, -0.2) is 66.5 Å². The molecule has 8 nitrogen and oxygen atoms in total. The highest BCUT2D eigenvalue weighted by atomic mass is 32.2. The topological polar surface area (TPSA) is 95.6 Å². The van der Waals surface area contributed by atoms with E-state index in [0.717, 1.165) is 5.56 Å². The summed E-state index contributed by atoms with van der Waals surface area (Å²) >= 11 is 0. The Bertz CT molecular complexity index is 911. The molecule has 0 unspecified atom stereocenters. The first kappa shape index (κ1) is 19.4. The lowest BCUT2D eigenvalue weighted by atomic mass is 10.2. The molecule has 0 bridgehead atoms. The summed E-state index contributed by atoms with van der Waals surface area (Å²) in [6, 6.07) is 7.51. The minimum Gasteiger partial charge on any atom is -0.484 e. The summed E-state index contributed by atoms with van der Waals surface area (Å²) in [5, 5.41) is 6.68. The van der Waals surface area contributed by atoms with Crippen molar-refractivity contribution in [2.24, 2.45) is 0 Å². The number of sulfonamides is 1. The summed E-state index contributed by atoms with van der Waals surface area (Å²) in [4.78, 5) is 14.3. The Balaban J connectivity index is 1.58. The Morgan fingerprint density at radius 2 is 1.81 bits per heavy atom. The fraction of sp³-hybridized carbons (Fsp3) is 0.444. The highest BCUT2D eigenvalue weighted by molar-refractivity contribution is 7.89. The lowest BCUT2D eigenvalue weighted by molar-refractivity contribution is -0.134. The van der Waals surface area contributed by atoms with E-state index in [4.69, 9.17) is 4.74 Å². The SMILES string of the molecule is Cc1ccccc1OCC(=O)N1CCN(S(=O)(=O)c2c(C)n[nH]c2C)CC1. The van der Waals surface area contributed by atoms with Crippen molar-refractivity contribution in [3.63, 3.8) is 0 Å². The number of aromatic amines is 1. The molecule has 1 aliphatic rings. The Labute approximate surface area is 159 Å². The molecule has 1 fully saturated rings. The fourth-order valence-corrected chi connectivity index (χ4v) is 4.93. The number of rotatable bonds is 5. The van der Waals surface area contributed by atoms with Crippen LogP contribution in [0.4, 0.5) is 0 Å². The van der Waals surface area contributed by atoms with Gasteiger partial charge in [-0.25, -0.2) is 8.42 Å². The first-order valence-electron chi connectivity index (χ1n) is 8.78. The number of nitrogens with one attached hydrogen (secondary N) is 1. The summed E-state index contributed by atoms with van der Waals surface area (Å²) in [6.45, 7) is 6.40. The lowest BCUT2D eigenvalue weighted by Crippen LogP contribution is -2.51. The largest absolute Gasteiger partial charge is 0.484 e. The Morgan fingerprint density at radius 3 is 2.41 bits per heavy atom. The van der Waals surface area contributed by atoms with Crippen LogP contribution < -0.4 is 4.74 Å². The van der Waals surface area contributed by atoms with Crippen molar-refractivity contribution in [1.82, 2.24) is 19.4 Å². The number of para-hydroxylation sites is 1. The van der Waals surface area contributed by atoms with E-state index in [1.165, 1.54) is 4.31 Å². The molecule has 1 amide bonds. The molecule has 1 aromatic heterocycles. The van der Waals surface area contributed by atoms with Crippen LogP contribution in [-0.2, 0) is 14.8 Å². The predicted octanol–water partition coefficient (Wildman–Crippen LogP) is 1.25. The molecule has 2 aromatic rings. The molecule has 0 aliphatic carbocycles. The van der Waals surface area contributed by atoms with Gasteiger partial charge in [-0.3, -0.25) is 9.89 Å². The molecule has 1 aliphatic heterocycles. The summed E-state index contributed by atoms with van der Waals surface area (Å²) in [5.74, 6) is 0.531. The van der Waals surface area contributed by atoms with Crippen LogP contribution in [0.25, 0.3) is 0 Å². The van der Waals surface area contributed by atoms with E-state index in [1.807, 2.05) is 31.2 Å². The Morgan fingerprint density at radius 1 is 1.15 bits per heavy atom. The number of aryl methyl sites for hydroxylation is 3. The third-order valence-electron chi connectivity index (χ3n) is 4.69. The molecule has 0 spiro atoms. The summed E-state index contributed by atoms with van der Waals surface area (Å²) in [7, 11) is -3.62. The van der Waals surface area contributed by atoms with Gasteiger partial charge in [0.15, 0.2) is 6.61 Å². The Hall–Kier alpha value is -2.39.